The van der Waals surface area contributed by atoms with Crippen LogP contribution in [0.25, 0.3) is 0 Å². The number of amides is 1. The summed E-state index contributed by atoms with van der Waals surface area (Å²) >= 11 is 0. The molecule has 1 aromatic heterocycles. The summed E-state index contributed by atoms with van der Waals surface area (Å²) in [5, 5.41) is 11.3. The van der Waals surface area contributed by atoms with Crippen molar-refractivity contribution in [2.45, 2.75) is 26.3 Å². The number of carboxylic acids is 1. The highest BCUT2D eigenvalue weighted by molar-refractivity contribution is 5.96. The molecule has 2 atom stereocenters. The smallest absolute Gasteiger partial charge is 0.326 e. The Bertz CT molecular complexity index is 451. The van der Waals surface area contributed by atoms with Gasteiger partial charge in [-0.3, -0.25) is 9.78 Å². The molecular formula is C12H15FN2O3. The predicted octanol–water partition coefficient (Wildman–Crippen LogP) is 1.45. The zero-order valence-electron chi connectivity index (χ0n) is 10.2. The van der Waals surface area contributed by atoms with Crippen molar-refractivity contribution in [1.29, 1.82) is 0 Å². The minimum Gasteiger partial charge on any atom is -0.480 e. The fraction of sp³-hybridized carbons (Fsp3) is 0.417. The Balaban J connectivity index is 2.86. The monoisotopic (exact) mass is 254 g/mol. The molecule has 18 heavy (non-hydrogen) atoms. The van der Waals surface area contributed by atoms with Crippen LogP contribution in [-0.2, 0) is 4.79 Å². The molecule has 0 aliphatic heterocycles. The van der Waals surface area contributed by atoms with E-state index in [1.54, 1.807) is 6.92 Å². The Morgan fingerprint density at radius 1 is 1.56 bits per heavy atom. The van der Waals surface area contributed by atoms with Gasteiger partial charge in [-0.25, -0.2) is 9.18 Å². The van der Waals surface area contributed by atoms with E-state index in [1.807, 2.05) is 6.92 Å². The van der Waals surface area contributed by atoms with E-state index in [-0.39, 0.29) is 11.5 Å². The Morgan fingerprint density at radius 3 is 2.72 bits per heavy atom. The molecule has 0 bridgehead atoms. The molecule has 6 heteroatoms. The lowest BCUT2D eigenvalue weighted by atomic mass is 9.99. The van der Waals surface area contributed by atoms with E-state index >= 15 is 0 Å². The van der Waals surface area contributed by atoms with Crippen molar-refractivity contribution < 1.29 is 19.1 Å². The zero-order chi connectivity index (χ0) is 13.7. The lowest BCUT2D eigenvalue weighted by Crippen LogP contribution is -2.45. The number of nitrogens with zero attached hydrogens (tertiary/aromatic N) is 1. The number of nitrogens with one attached hydrogen (secondary N) is 1. The first-order valence-electron chi connectivity index (χ1n) is 5.60. The highest BCUT2D eigenvalue weighted by atomic mass is 19.1. The molecule has 2 unspecified atom stereocenters. The van der Waals surface area contributed by atoms with Gasteiger partial charge in [-0.2, -0.15) is 0 Å². The third-order valence-electron chi connectivity index (χ3n) is 2.78. The molecule has 0 spiro atoms. The van der Waals surface area contributed by atoms with E-state index in [1.165, 1.54) is 12.3 Å². The number of hydrogen-bond acceptors (Lipinski definition) is 3. The first-order valence-corrected chi connectivity index (χ1v) is 5.60. The molecule has 0 aliphatic rings. The van der Waals surface area contributed by atoms with Crippen LogP contribution in [0, 0.1) is 11.7 Å². The summed E-state index contributed by atoms with van der Waals surface area (Å²) in [4.78, 5) is 26.3. The van der Waals surface area contributed by atoms with Crippen molar-refractivity contribution in [2.75, 3.05) is 0 Å². The molecule has 1 amide bonds. The first kappa shape index (κ1) is 14.1. The van der Waals surface area contributed by atoms with Gasteiger partial charge in [0.15, 0.2) is 5.82 Å². The number of carbonyl (C=O) groups excluding carboxylic acids is 1. The summed E-state index contributed by atoms with van der Waals surface area (Å²) in [5.74, 6) is -2.89. The molecule has 0 radical (unpaired) electrons. The minimum atomic E-state index is -1.13. The molecule has 2 N–H and O–H groups in total. The van der Waals surface area contributed by atoms with E-state index in [0.717, 1.165) is 6.20 Å². The lowest BCUT2D eigenvalue weighted by Gasteiger charge is -2.20. The second-order valence-electron chi connectivity index (χ2n) is 4.03. The van der Waals surface area contributed by atoms with Gasteiger partial charge in [-0.05, 0) is 12.0 Å². The van der Waals surface area contributed by atoms with Crippen LogP contribution in [0.2, 0.25) is 0 Å². The van der Waals surface area contributed by atoms with Crippen LogP contribution in [-0.4, -0.2) is 28.0 Å². The highest BCUT2D eigenvalue weighted by Crippen LogP contribution is 2.10. The van der Waals surface area contributed by atoms with Gasteiger partial charge in [0.2, 0.25) is 0 Å². The average molecular weight is 254 g/mol. The van der Waals surface area contributed by atoms with Crippen LogP contribution in [0.4, 0.5) is 4.39 Å². The van der Waals surface area contributed by atoms with Crippen molar-refractivity contribution >= 4 is 11.9 Å². The predicted molar refractivity (Wildman–Crippen MR) is 62.5 cm³/mol. The summed E-state index contributed by atoms with van der Waals surface area (Å²) in [6.07, 6.45) is 2.78. The summed E-state index contributed by atoms with van der Waals surface area (Å²) in [6.45, 7) is 3.53. The van der Waals surface area contributed by atoms with Crippen molar-refractivity contribution in [2.24, 2.45) is 5.92 Å². The van der Waals surface area contributed by atoms with Crippen molar-refractivity contribution in [1.82, 2.24) is 10.3 Å². The highest BCUT2D eigenvalue weighted by Gasteiger charge is 2.26. The zero-order valence-corrected chi connectivity index (χ0v) is 10.2. The number of pyridine rings is 1. The quantitative estimate of drug-likeness (QED) is 0.833. The maximum atomic E-state index is 13.3. The van der Waals surface area contributed by atoms with Crippen LogP contribution in [0.1, 0.15) is 30.6 Å². The number of aliphatic carboxylic acids is 1. The Kier molecular flexibility index (Phi) is 4.76. The van der Waals surface area contributed by atoms with Crippen LogP contribution in [0.3, 0.4) is 0 Å². The molecule has 0 aliphatic carbocycles. The second kappa shape index (κ2) is 6.09. The van der Waals surface area contributed by atoms with Crippen molar-refractivity contribution in [3.8, 4) is 0 Å². The normalized spacial score (nSPS) is 13.7. The number of rotatable bonds is 5. The SMILES string of the molecule is CCC(C)C(NC(=O)c1ccncc1F)C(=O)O. The van der Waals surface area contributed by atoms with Gasteiger partial charge in [-0.1, -0.05) is 20.3 Å². The summed E-state index contributed by atoms with van der Waals surface area (Å²) in [5.41, 5.74) is -0.209. The Labute approximate surface area is 104 Å². The van der Waals surface area contributed by atoms with Gasteiger partial charge in [-0.15, -0.1) is 0 Å². The number of carbonyl (C=O) groups is 2. The number of carboxylic acid groups (broad SMARTS) is 1. The molecule has 0 saturated heterocycles. The topological polar surface area (TPSA) is 79.3 Å². The Hall–Kier alpha value is -1.98. The van der Waals surface area contributed by atoms with Crippen molar-refractivity contribution in [3.05, 3.63) is 29.8 Å². The molecular weight excluding hydrogens is 239 g/mol. The minimum absolute atomic E-state index is 0.209. The van der Waals surface area contributed by atoms with Gasteiger partial charge < -0.3 is 10.4 Å². The summed E-state index contributed by atoms with van der Waals surface area (Å²) in [7, 11) is 0. The standard InChI is InChI=1S/C12H15FN2O3/c1-3-7(2)10(12(17)18)15-11(16)8-4-5-14-6-9(8)13/h4-7,10H,3H2,1-2H3,(H,15,16)(H,17,18). The largest absolute Gasteiger partial charge is 0.480 e. The molecule has 5 nitrogen and oxygen atoms in total. The van der Waals surface area contributed by atoms with Gasteiger partial charge in [0.25, 0.3) is 5.91 Å². The molecule has 1 rings (SSSR count). The molecule has 1 heterocycles. The lowest BCUT2D eigenvalue weighted by molar-refractivity contribution is -0.140. The van der Waals surface area contributed by atoms with E-state index in [2.05, 4.69) is 10.3 Å². The van der Waals surface area contributed by atoms with E-state index in [9.17, 15) is 14.0 Å². The fourth-order valence-corrected chi connectivity index (χ4v) is 1.46. The fourth-order valence-electron chi connectivity index (χ4n) is 1.46. The first-order chi connectivity index (χ1) is 8.47. The van der Waals surface area contributed by atoms with E-state index in [4.69, 9.17) is 5.11 Å². The third-order valence-corrected chi connectivity index (χ3v) is 2.78. The van der Waals surface area contributed by atoms with E-state index in [0.29, 0.717) is 6.42 Å². The van der Waals surface area contributed by atoms with Crippen LogP contribution < -0.4 is 5.32 Å². The molecule has 1 aromatic rings. The maximum Gasteiger partial charge on any atom is 0.326 e. The number of hydrogen-bond donors (Lipinski definition) is 2. The van der Waals surface area contributed by atoms with Crippen LogP contribution >= 0.6 is 0 Å². The molecule has 0 fully saturated rings. The average Bonchev–Trinajstić information content (AvgIpc) is 2.35. The van der Waals surface area contributed by atoms with Crippen molar-refractivity contribution in [3.63, 3.8) is 0 Å². The van der Waals surface area contributed by atoms with Crippen LogP contribution in [0.15, 0.2) is 18.5 Å². The van der Waals surface area contributed by atoms with Gasteiger partial charge >= 0.3 is 5.97 Å². The molecule has 0 aromatic carbocycles. The number of aromatic nitrogens is 1. The van der Waals surface area contributed by atoms with Crippen LogP contribution in [0.5, 0.6) is 0 Å². The van der Waals surface area contributed by atoms with E-state index < -0.39 is 23.7 Å². The molecule has 98 valence electrons. The maximum absolute atomic E-state index is 13.3. The third kappa shape index (κ3) is 3.26. The van der Waals surface area contributed by atoms with Gasteiger partial charge in [0.05, 0.1) is 11.8 Å². The summed E-state index contributed by atoms with van der Waals surface area (Å²) < 4.78 is 13.3. The van der Waals surface area contributed by atoms with Gasteiger partial charge in [0, 0.05) is 6.20 Å². The molecule has 0 saturated carbocycles. The Morgan fingerprint density at radius 2 is 2.22 bits per heavy atom. The second-order valence-corrected chi connectivity index (χ2v) is 4.03. The number of halogens is 1. The van der Waals surface area contributed by atoms with Gasteiger partial charge in [0.1, 0.15) is 6.04 Å². The summed E-state index contributed by atoms with van der Waals surface area (Å²) in [6, 6.07) is 0.176.